The highest BCUT2D eigenvalue weighted by Crippen LogP contribution is 2.43. The van der Waals surface area contributed by atoms with Crippen LogP contribution in [0.15, 0.2) is 35.4 Å². The maximum absolute atomic E-state index is 15.9. The Morgan fingerprint density at radius 1 is 1.04 bits per heavy atom. The average molecular weight is 655 g/mol. The van der Waals surface area contributed by atoms with Crippen molar-refractivity contribution in [2.75, 3.05) is 31.5 Å². The van der Waals surface area contributed by atoms with E-state index in [2.05, 4.69) is 39.3 Å². The summed E-state index contributed by atoms with van der Waals surface area (Å²) in [6.07, 6.45) is 8.51. The van der Waals surface area contributed by atoms with E-state index in [9.17, 15) is 9.59 Å². The summed E-state index contributed by atoms with van der Waals surface area (Å²) < 4.78 is 48.8. The molecule has 1 atom stereocenters. The molecule has 0 aliphatic carbocycles. The normalized spacial score (nSPS) is 17.8. The van der Waals surface area contributed by atoms with Gasteiger partial charge in [-0.05, 0) is 97.5 Å². The van der Waals surface area contributed by atoms with E-state index in [1.54, 1.807) is 11.5 Å². The van der Waals surface area contributed by atoms with Crippen LogP contribution in [0.25, 0.3) is 11.0 Å². The lowest BCUT2D eigenvalue weighted by atomic mass is 9.86. The number of nitrogens with zero attached hydrogens (tertiary/aromatic N) is 4. The van der Waals surface area contributed by atoms with Crippen LogP contribution in [0, 0.1) is 11.7 Å². The summed E-state index contributed by atoms with van der Waals surface area (Å²) in [6.45, 7) is 9.36. The largest absolute Gasteiger partial charge is 0.363 e. The number of carbonyl (C=O) groups is 1. The summed E-state index contributed by atoms with van der Waals surface area (Å²) in [4.78, 5) is 36.2. The minimum absolute atomic E-state index is 0.0509. The lowest BCUT2D eigenvalue weighted by Crippen LogP contribution is -2.39. The number of alkyl halides is 2. The van der Waals surface area contributed by atoms with Gasteiger partial charge in [0.05, 0.1) is 17.0 Å². The number of unbranched alkanes of at least 4 members (excludes halogenated alkanes) is 4. The van der Waals surface area contributed by atoms with Gasteiger partial charge in [-0.2, -0.15) is 0 Å². The molecule has 0 unspecified atom stereocenters. The van der Waals surface area contributed by atoms with Crippen molar-refractivity contribution >= 4 is 23.1 Å². The smallest absolute Gasteiger partial charge is 0.278 e. The molecule has 2 aliphatic heterocycles. The Morgan fingerprint density at radius 3 is 2.47 bits per heavy atom. The van der Waals surface area contributed by atoms with Crippen LogP contribution in [-0.4, -0.2) is 57.9 Å². The molecule has 8 nitrogen and oxygen atoms in total. The molecule has 2 aliphatic rings. The predicted octanol–water partition coefficient (Wildman–Crippen LogP) is 6.93. The van der Waals surface area contributed by atoms with Crippen LogP contribution < -0.4 is 16.2 Å². The van der Waals surface area contributed by atoms with Crippen LogP contribution in [0.3, 0.4) is 0 Å². The number of fused-ring (bicyclic) bond motifs is 1. The molecule has 256 valence electrons. The number of halogens is 3. The molecule has 1 aromatic carbocycles. The van der Waals surface area contributed by atoms with Crippen molar-refractivity contribution in [3.8, 4) is 0 Å². The first-order chi connectivity index (χ1) is 22.6. The quantitative estimate of drug-likeness (QED) is 0.144. The van der Waals surface area contributed by atoms with Crippen LogP contribution in [0.1, 0.15) is 107 Å². The van der Waals surface area contributed by atoms with Crippen molar-refractivity contribution in [3.05, 3.63) is 63.5 Å². The van der Waals surface area contributed by atoms with Gasteiger partial charge in [0.1, 0.15) is 29.9 Å². The van der Waals surface area contributed by atoms with Gasteiger partial charge in [0.25, 0.3) is 11.5 Å². The fraction of sp³-hybridized carbons (Fsp3) is 0.611. The first kappa shape index (κ1) is 35.0. The van der Waals surface area contributed by atoms with E-state index in [4.69, 9.17) is 0 Å². The summed E-state index contributed by atoms with van der Waals surface area (Å²) >= 11 is 0. The lowest BCUT2D eigenvalue weighted by molar-refractivity contribution is -0.107. The molecule has 0 radical (unpaired) electrons. The highest BCUT2D eigenvalue weighted by Gasteiger charge is 2.44. The van der Waals surface area contributed by atoms with Gasteiger partial charge in [0, 0.05) is 36.1 Å². The monoisotopic (exact) mass is 654 g/mol. The fourth-order valence-electron chi connectivity index (χ4n) is 7.23. The van der Waals surface area contributed by atoms with Crippen LogP contribution in [0.2, 0.25) is 0 Å². The van der Waals surface area contributed by atoms with E-state index in [-0.39, 0.29) is 29.9 Å². The number of benzene rings is 1. The number of likely N-dealkylation sites (tertiary alicyclic amines) is 1. The third-order valence-electron chi connectivity index (χ3n) is 10.1. The Morgan fingerprint density at radius 2 is 1.77 bits per heavy atom. The summed E-state index contributed by atoms with van der Waals surface area (Å²) in [5.74, 6) is -4.60. The Hall–Kier alpha value is -3.31. The summed E-state index contributed by atoms with van der Waals surface area (Å²) in [7, 11) is 0. The zero-order valence-corrected chi connectivity index (χ0v) is 27.9. The maximum Gasteiger partial charge on any atom is 0.278 e. The fourth-order valence-corrected chi connectivity index (χ4v) is 7.23. The molecule has 2 fully saturated rings. The van der Waals surface area contributed by atoms with Gasteiger partial charge in [0.15, 0.2) is 0 Å². The van der Waals surface area contributed by atoms with E-state index in [0.29, 0.717) is 48.9 Å². The minimum atomic E-state index is -3.28. The molecule has 2 saturated heterocycles. The van der Waals surface area contributed by atoms with Gasteiger partial charge in [-0.25, -0.2) is 23.1 Å². The van der Waals surface area contributed by atoms with Crippen LogP contribution in [0.5, 0.6) is 0 Å². The summed E-state index contributed by atoms with van der Waals surface area (Å²) in [6, 6.07) is 5.86. The standard InChI is InChI=1S/C36H49F3N6O2/c1-24(2)44-19-14-26(15-20-44)29-22-30-33(41-23-42-34(30)45(35(29)47)18-7-5-4-6-8-21-46)43-25(3)28-10-9-11-31(32(28)37)36(38,39)27-12-16-40-17-13-27/h9-11,21-27,40H,4-8,12-20H2,1-3H3,(H,41,42,43)/t25-/m1/s1. The van der Waals surface area contributed by atoms with Crippen molar-refractivity contribution in [2.24, 2.45) is 5.92 Å². The summed E-state index contributed by atoms with van der Waals surface area (Å²) in [5, 5.41) is 7.04. The molecule has 47 heavy (non-hydrogen) atoms. The van der Waals surface area contributed by atoms with Gasteiger partial charge < -0.3 is 20.3 Å². The van der Waals surface area contributed by atoms with Crippen molar-refractivity contribution < 1.29 is 18.0 Å². The molecule has 5 rings (SSSR count). The number of hydrogen-bond acceptors (Lipinski definition) is 7. The minimum Gasteiger partial charge on any atom is -0.363 e. The molecule has 3 aromatic rings. The Bertz CT molecular complexity index is 1560. The molecule has 0 saturated carbocycles. The predicted molar refractivity (Wildman–Crippen MR) is 180 cm³/mol. The van der Waals surface area contributed by atoms with E-state index < -0.39 is 29.3 Å². The molecular weight excluding hydrogens is 605 g/mol. The third kappa shape index (κ3) is 7.88. The van der Waals surface area contributed by atoms with Crippen molar-refractivity contribution in [2.45, 2.75) is 109 Å². The Balaban J connectivity index is 1.47. The van der Waals surface area contributed by atoms with Crippen molar-refractivity contribution in [1.82, 2.24) is 24.8 Å². The Kier molecular flexibility index (Phi) is 11.7. The average Bonchev–Trinajstić information content (AvgIpc) is 3.07. The number of aldehydes is 1. The molecule has 11 heteroatoms. The maximum atomic E-state index is 15.9. The highest BCUT2D eigenvalue weighted by atomic mass is 19.3. The topological polar surface area (TPSA) is 92.2 Å². The molecule has 2 N–H and O–H groups in total. The Labute approximate surface area is 275 Å². The highest BCUT2D eigenvalue weighted by molar-refractivity contribution is 5.87. The number of rotatable bonds is 14. The number of hydrogen-bond donors (Lipinski definition) is 2. The molecule has 4 heterocycles. The number of nitrogens with one attached hydrogen (secondary N) is 2. The number of carbonyl (C=O) groups excluding carboxylic acids is 1. The first-order valence-electron chi connectivity index (χ1n) is 17.3. The second-order valence-corrected chi connectivity index (χ2v) is 13.5. The zero-order valence-electron chi connectivity index (χ0n) is 27.9. The molecular formula is C36H49F3N6O2. The van der Waals surface area contributed by atoms with Crippen LogP contribution in [0.4, 0.5) is 19.0 Å². The van der Waals surface area contributed by atoms with E-state index in [0.717, 1.165) is 63.5 Å². The SMILES string of the molecule is CC(C)N1CCC(c2cc3c(N[C@H](C)c4cccc(C(F)(F)C5CCNCC5)c4F)ncnc3n(CCCCCCC=O)c2=O)CC1. The van der Waals surface area contributed by atoms with Crippen LogP contribution >= 0.6 is 0 Å². The van der Waals surface area contributed by atoms with Crippen LogP contribution in [-0.2, 0) is 17.3 Å². The number of pyridine rings is 1. The van der Waals surface area contributed by atoms with E-state index in [1.165, 1.54) is 24.5 Å². The van der Waals surface area contributed by atoms with Gasteiger partial charge in [-0.1, -0.05) is 31.0 Å². The van der Waals surface area contributed by atoms with Crippen molar-refractivity contribution in [1.29, 1.82) is 0 Å². The molecule has 0 spiro atoms. The van der Waals surface area contributed by atoms with Gasteiger partial charge in [-0.3, -0.25) is 9.36 Å². The molecule has 2 aromatic heterocycles. The van der Waals surface area contributed by atoms with Gasteiger partial charge in [0.2, 0.25) is 0 Å². The number of aryl methyl sites for hydroxylation is 1. The molecule has 0 bridgehead atoms. The summed E-state index contributed by atoms with van der Waals surface area (Å²) in [5.41, 5.74) is 0.725. The van der Waals surface area contributed by atoms with E-state index in [1.807, 2.05) is 6.07 Å². The van der Waals surface area contributed by atoms with E-state index >= 15 is 13.2 Å². The number of piperidine rings is 2. The lowest BCUT2D eigenvalue weighted by Gasteiger charge is -2.34. The molecule has 0 amide bonds. The van der Waals surface area contributed by atoms with Gasteiger partial charge >= 0.3 is 0 Å². The van der Waals surface area contributed by atoms with Gasteiger partial charge in [-0.15, -0.1) is 0 Å². The van der Waals surface area contributed by atoms with Crippen molar-refractivity contribution in [3.63, 3.8) is 0 Å². The second-order valence-electron chi connectivity index (χ2n) is 13.5. The third-order valence-corrected chi connectivity index (χ3v) is 10.1. The zero-order chi connectivity index (χ0) is 33.6. The number of aromatic nitrogens is 3. The first-order valence-corrected chi connectivity index (χ1v) is 17.3. The second kappa shape index (κ2) is 15.7. The number of anilines is 1.